The van der Waals surface area contributed by atoms with Crippen molar-refractivity contribution in [2.24, 2.45) is 0 Å². The fourth-order valence-corrected chi connectivity index (χ4v) is 3.11. The lowest BCUT2D eigenvalue weighted by Gasteiger charge is -2.16. The number of fused-ring (bicyclic) bond motifs is 1. The smallest absolute Gasteiger partial charge is 0.338 e. The number of hydrogen-bond acceptors (Lipinski definition) is 4. The maximum absolute atomic E-state index is 12.8. The number of carbonyl (C=O) groups excluding carboxylic acids is 2. The van der Waals surface area contributed by atoms with Gasteiger partial charge in [-0.1, -0.05) is 12.1 Å². The third-order valence-corrected chi connectivity index (χ3v) is 4.57. The number of halogens is 4. The summed E-state index contributed by atoms with van der Waals surface area (Å²) < 4.78 is 38.5. The summed E-state index contributed by atoms with van der Waals surface area (Å²) in [5, 5.41) is 2.73. The van der Waals surface area contributed by atoms with Crippen LogP contribution in [0.2, 0.25) is 0 Å². The van der Waals surface area contributed by atoms with Crippen LogP contribution in [0.25, 0.3) is 6.08 Å². The second-order valence-electron chi connectivity index (χ2n) is 7.22. The lowest BCUT2D eigenvalue weighted by atomic mass is 10.1. The summed E-state index contributed by atoms with van der Waals surface area (Å²) in [6, 6.07) is 6.74. The van der Waals surface area contributed by atoms with Gasteiger partial charge in [-0.3, -0.25) is 14.5 Å². The first kappa shape index (κ1) is 24.4. The van der Waals surface area contributed by atoms with Gasteiger partial charge in [-0.2, -0.15) is 13.2 Å². The maximum atomic E-state index is 12.8. The molecule has 0 bridgehead atoms. The molecule has 2 aromatic rings. The molecule has 2 amide bonds. The Morgan fingerprint density at radius 3 is 2.74 bits per heavy atom. The summed E-state index contributed by atoms with van der Waals surface area (Å²) in [5.41, 5.74) is 1.15. The summed E-state index contributed by atoms with van der Waals surface area (Å²) >= 11 is 0. The van der Waals surface area contributed by atoms with Crippen LogP contribution >= 0.6 is 12.4 Å². The molecule has 6 nitrogen and oxygen atoms in total. The molecule has 166 valence electrons. The van der Waals surface area contributed by atoms with Gasteiger partial charge < -0.3 is 10.2 Å². The van der Waals surface area contributed by atoms with E-state index in [1.54, 1.807) is 18.3 Å². The van der Waals surface area contributed by atoms with Crippen molar-refractivity contribution >= 4 is 36.1 Å². The third kappa shape index (κ3) is 6.53. The highest BCUT2D eigenvalue weighted by Crippen LogP contribution is 2.29. The van der Waals surface area contributed by atoms with E-state index in [9.17, 15) is 22.8 Å². The van der Waals surface area contributed by atoms with E-state index < -0.39 is 11.7 Å². The Bertz CT molecular complexity index is 995. The van der Waals surface area contributed by atoms with Gasteiger partial charge in [0.2, 0.25) is 11.8 Å². The maximum Gasteiger partial charge on any atom is 0.416 e. The van der Waals surface area contributed by atoms with Crippen LogP contribution in [0.3, 0.4) is 0 Å². The molecule has 0 saturated heterocycles. The van der Waals surface area contributed by atoms with Crippen molar-refractivity contribution < 1.29 is 22.8 Å². The Labute approximate surface area is 184 Å². The van der Waals surface area contributed by atoms with E-state index in [-0.39, 0.29) is 37.3 Å². The number of likely N-dealkylation sites (N-methyl/N-ethyl adjacent to an activating group) is 2. The number of anilines is 1. The summed E-state index contributed by atoms with van der Waals surface area (Å²) in [6.45, 7) is 0.846. The number of pyridine rings is 1. The molecule has 0 radical (unpaired) electrons. The first-order valence-electron chi connectivity index (χ1n) is 9.18. The highest BCUT2D eigenvalue weighted by Gasteiger charge is 2.30. The van der Waals surface area contributed by atoms with E-state index >= 15 is 0 Å². The fourth-order valence-electron chi connectivity index (χ4n) is 3.11. The van der Waals surface area contributed by atoms with Crippen molar-refractivity contribution in [3.8, 4) is 0 Å². The number of alkyl halides is 3. The molecule has 31 heavy (non-hydrogen) atoms. The highest BCUT2D eigenvalue weighted by atomic mass is 35.5. The lowest BCUT2D eigenvalue weighted by Crippen LogP contribution is -2.26. The van der Waals surface area contributed by atoms with Gasteiger partial charge in [0, 0.05) is 38.0 Å². The van der Waals surface area contributed by atoms with Gasteiger partial charge in [0.25, 0.3) is 0 Å². The predicted octanol–water partition coefficient (Wildman–Crippen LogP) is 3.58. The normalized spacial score (nSPS) is 14.4. The van der Waals surface area contributed by atoms with Crippen molar-refractivity contribution in [1.29, 1.82) is 0 Å². The summed E-state index contributed by atoms with van der Waals surface area (Å²) in [5.74, 6) is 0.000652. The third-order valence-electron chi connectivity index (χ3n) is 4.57. The quantitative estimate of drug-likeness (QED) is 0.717. The van der Waals surface area contributed by atoms with Crippen molar-refractivity contribution in [1.82, 2.24) is 14.8 Å². The summed E-state index contributed by atoms with van der Waals surface area (Å²) in [7, 11) is 3.34. The van der Waals surface area contributed by atoms with Gasteiger partial charge in [-0.25, -0.2) is 4.98 Å². The standard InChI is InChI=1S/C21H21F3N4O2.ClH/c1-27-12-16-8-14(10-25-20(16)26-18(29)13-27)6-7-19(30)28(2)11-15-4-3-5-17(9-15)21(22,23)24;/h3-10H,11-13H2,1-2H3,(H,25,26,29);1H. The molecule has 1 aliphatic heterocycles. The Balaban J connectivity index is 0.00000341. The van der Waals surface area contributed by atoms with E-state index in [1.165, 1.54) is 24.1 Å². The number of nitrogens with zero attached hydrogens (tertiary/aromatic N) is 3. The number of benzene rings is 1. The minimum absolute atomic E-state index is 0. The molecule has 1 aromatic heterocycles. The van der Waals surface area contributed by atoms with Gasteiger partial charge in [0.15, 0.2) is 0 Å². The Morgan fingerprint density at radius 1 is 1.29 bits per heavy atom. The molecule has 0 saturated carbocycles. The molecule has 0 spiro atoms. The van der Waals surface area contributed by atoms with Crippen LogP contribution < -0.4 is 5.32 Å². The molecule has 0 unspecified atom stereocenters. The van der Waals surface area contributed by atoms with Crippen LogP contribution in [-0.4, -0.2) is 47.2 Å². The van der Waals surface area contributed by atoms with E-state index in [4.69, 9.17) is 0 Å². The zero-order valence-electron chi connectivity index (χ0n) is 16.9. The molecule has 10 heteroatoms. The molecular formula is C21H22ClF3N4O2. The largest absolute Gasteiger partial charge is 0.416 e. The van der Waals surface area contributed by atoms with Crippen molar-refractivity contribution in [3.05, 3.63) is 64.9 Å². The summed E-state index contributed by atoms with van der Waals surface area (Å²) in [6.07, 6.45) is 0.0480. The van der Waals surface area contributed by atoms with E-state index in [0.29, 0.717) is 23.5 Å². The monoisotopic (exact) mass is 454 g/mol. The van der Waals surface area contributed by atoms with Gasteiger partial charge >= 0.3 is 6.18 Å². The second kappa shape index (κ2) is 9.93. The molecule has 0 atom stereocenters. The molecule has 3 rings (SSSR count). The first-order valence-corrected chi connectivity index (χ1v) is 9.18. The highest BCUT2D eigenvalue weighted by molar-refractivity contribution is 5.93. The Morgan fingerprint density at radius 2 is 2.03 bits per heavy atom. The topological polar surface area (TPSA) is 65.5 Å². The average Bonchev–Trinajstić information content (AvgIpc) is 2.81. The van der Waals surface area contributed by atoms with Crippen LogP contribution in [0.5, 0.6) is 0 Å². The van der Waals surface area contributed by atoms with Crippen LogP contribution in [-0.2, 0) is 28.9 Å². The van der Waals surface area contributed by atoms with E-state index in [2.05, 4.69) is 10.3 Å². The molecule has 2 heterocycles. The van der Waals surface area contributed by atoms with E-state index in [0.717, 1.165) is 17.7 Å². The van der Waals surface area contributed by atoms with Crippen LogP contribution in [0.4, 0.5) is 19.0 Å². The van der Waals surface area contributed by atoms with E-state index in [1.807, 2.05) is 18.0 Å². The van der Waals surface area contributed by atoms with Gasteiger partial charge in [0.1, 0.15) is 5.82 Å². The molecule has 1 aromatic carbocycles. The molecule has 1 N–H and O–H groups in total. The van der Waals surface area contributed by atoms with Gasteiger partial charge in [-0.15, -0.1) is 12.4 Å². The second-order valence-corrected chi connectivity index (χ2v) is 7.22. The Kier molecular flexibility index (Phi) is 7.80. The first-order chi connectivity index (χ1) is 14.1. The molecule has 1 aliphatic rings. The fraction of sp³-hybridized carbons (Fsp3) is 0.286. The number of hydrogen-bond donors (Lipinski definition) is 1. The number of aromatic nitrogens is 1. The summed E-state index contributed by atoms with van der Waals surface area (Å²) in [4.78, 5) is 31.5. The van der Waals surface area contributed by atoms with Crippen LogP contribution in [0.1, 0.15) is 22.3 Å². The Hall–Kier alpha value is -2.91. The van der Waals surface area contributed by atoms with Crippen molar-refractivity contribution in [3.63, 3.8) is 0 Å². The zero-order valence-corrected chi connectivity index (χ0v) is 17.8. The molecular weight excluding hydrogens is 433 g/mol. The van der Waals surface area contributed by atoms with Crippen molar-refractivity contribution in [2.45, 2.75) is 19.3 Å². The predicted molar refractivity (Wildman–Crippen MR) is 113 cm³/mol. The SMILES string of the molecule is CN1CC(=O)Nc2ncc(C=CC(=O)N(C)Cc3cccc(C(F)(F)F)c3)cc2C1.Cl. The van der Waals surface area contributed by atoms with Gasteiger partial charge in [0.05, 0.1) is 12.1 Å². The van der Waals surface area contributed by atoms with Crippen molar-refractivity contribution in [2.75, 3.05) is 26.0 Å². The van der Waals surface area contributed by atoms with Crippen LogP contribution in [0, 0.1) is 0 Å². The molecule has 0 aliphatic carbocycles. The van der Waals surface area contributed by atoms with Crippen LogP contribution in [0.15, 0.2) is 42.6 Å². The number of amides is 2. The number of rotatable bonds is 4. The van der Waals surface area contributed by atoms with Gasteiger partial charge in [-0.05, 0) is 42.4 Å². The number of carbonyl (C=O) groups is 2. The number of nitrogens with one attached hydrogen (secondary N) is 1. The lowest BCUT2D eigenvalue weighted by molar-refractivity contribution is -0.137. The minimum atomic E-state index is -4.43. The average molecular weight is 455 g/mol. The molecule has 0 fully saturated rings. The minimum Gasteiger partial charge on any atom is -0.338 e. The zero-order chi connectivity index (χ0) is 21.9.